The fraction of sp³-hybridized carbons (Fsp3) is 0.529. The van der Waals surface area contributed by atoms with E-state index in [-0.39, 0.29) is 42.6 Å². The van der Waals surface area contributed by atoms with E-state index in [0.29, 0.717) is 31.0 Å². The standard InChI is InChI=1S/C17H20N2O6S/c20-16-6-12(17(21)18-13-3-4-26(22,23)9-13)8-19(16)7-11-1-2-14-15(5-11)25-10-24-14/h1-2,5,12-13H,3-4,6-10H2,(H,18,21). The third-order valence-corrected chi connectivity index (χ3v) is 6.74. The second-order valence-corrected chi connectivity index (χ2v) is 9.20. The lowest BCUT2D eigenvalue weighted by molar-refractivity contribution is -0.129. The average Bonchev–Trinajstić information content (AvgIpc) is 3.27. The summed E-state index contributed by atoms with van der Waals surface area (Å²) in [7, 11) is -3.05. The number of carbonyl (C=O) groups excluding carboxylic acids is 2. The minimum atomic E-state index is -3.05. The quantitative estimate of drug-likeness (QED) is 0.793. The third kappa shape index (κ3) is 3.48. The molecule has 4 rings (SSSR count). The summed E-state index contributed by atoms with van der Waals surface area (Å²) < 4.78 is 33.6. The molecule has 2 saturated heterocycles. The number of sulfone groups is 1. The summed E-state index contributed by atoms with van der Waals surface area (Å²) in [5.74, 6) is 0.671. The van der Waals surface area contributed by atoms with Crippen LogP contribution in [0.15, 0.2) is 18.2 Å². The molecule has 3 aliphatic heterocycles. The zero-order valence-corrected chi connectivity index (χ0v) is 15.0. The van der Waals surface area contributed by atoms with Crippen molar-refractivity contribution in [2.24, 2.45) is 5.92 Å². The molecule has 8 nitrogen and oxygen atoms in total. The lowest BCUT2D eigenvalue weighted by Gasteiger charge is -2.18. The van der Waals surface area contributed by atoms with Gasteiger partial charge in [0.1, 0.15) is 0 Å². The Kier molecular flexibility index (Phi) is 4.26. The molecule has 3 aliphatic rings. The molecule has 0 radical (unpaired) electrons. The van der Waals surface area contributed by atoms with Crippen LogP contribution >= 0.6 is 0 Å². The maximum atomic E-state index is 12.4. The smallest absolute Gasteiger partial charge is 0.231 e. The number of rotatable bonds is 4. The molecule has 0 saturated carbocycles. The Balaban J connectivity index is 1.35. The van der Waals surface area contributed by atoms with Crippen molar-refractivity contribution in [3.63, 3.8) is 0 Å². The Morgan fingerprint density at radius 2 is 2.08 bits per heavy atom. The van der Waals surface area contributed by atoms with Gasteiger partial charge in [-0.05, 0) is 24.1 Å². The van der Waals surface area contributed by atoms with Crippen LogP contribution < -0.4 is 14.8 Å². The van der Waals surface area contributed by atoms with Crippen molar-refractivity contribution in [3.05, 3.63) is 23.8 Å². The number of nitrogens with zero attached hydrogens (tertiary/aromatic N) is 1. The number of hydrogen-bond donors (Lipinski definition) is 1. The highest BCUT2D eigenvalue weighted by Gasteiger charge is 2.37. The largest absolute Gasteiger partial charge is 0.454 e. The second-order valence-electron chi connectivity index (χ2n) is 6.97. The van der Waals surface area contributed by atoms with Gasteiger partial charge in [-0.2, -0.15) is 0 Å². The van der Waals surface area contributed by atoms with Crippen LogP contribution in [0.5, 0.6) is 11.5 Å². The number of fused-ring (bicyclic) bond motifs is 1. The summed E-state index contributed by atoms with van der Waals surface area (Å²) in [6.45, 7) is 0.927. The van der Waals surface area contributed by atoms with Gasteiger partial charge in [-0.15, -0.1) is 0 Å². The van der Waals surface area contributed by atoms with Crippen LogP contribution in [-0.2, 0) is 26.0 Å². The van der Waals surface area contributed by atoms with E-state index in [0.717, 1.165) is 5.56 Å². The number of likely N-dealkylation sites (tertiary alicyclic amines) is 1. The summed E-state index contributed by atoms with van der Waals surface area (Å²) in [5, 5.41) is 2.78. The van der Waals surface area contributed by atoms with Crippen molar-refractivity contribution >= 4 is 21.7 Å². The lowest BCUT2D eigenvalue weighted by Crippen LogP contribution is -2.40. The first-order valence-corrected chi connectivity index (χ1v) is 10.4. The van der Waals surface area contributed by atoms with Gasteiger partial charge >= 0.3 is 0 Å². The summed E-state index contributed by atoms with van der Waals surface area (Å²) in [4.78, 5) is 26.3. The maximum absolute atomic E-state index is 12.4. The van der Waals surface area contributed by atoms with E-state index in [4.69, 9.17) is 9.47 Å². The van der Waals surface area contributed by atoms with E-state index >= 15 is 0 Å². The van der Waals surface area contributed by atoms with Crippen LogP contribution in [0.4, 0.5) is 0 Å². The van der Waals surface area contributed by atoms with Crippen LogP contribution in [0.25, 0.3) is 0 Å². The molecule has 0 aromatic heterocycles. The van der Waals surface area contributed by atoms with Gasteiger partial charge in [0.25, 0.3) is 0 Å². The number of carbonyl (C=O) groups is 2. The number of benzene rings is 1. The predicted molar refractivity (Wildman–Crippen MR) is 91.3 cm³/mol. The number of ether oxygens (including phenoxy) is 2. The summed E-state index contributed by atoms with van der Waals surface area (Å²) in [6, 6.07) is 5.18. The van der Waals surface area contributed by atoms with Crippen molar-refractivity contribution in [2.75, 3.05) is 24.8 Å². The van der Waals surface area contributed by atoms with E-state index in [1.165, 1.54) is 0 Å². The van der Waals surface area contributed by atoms with Crippen LogP contribution in [0.2, 0.25) is 0 Å². The van der Waals surface area contributed by atoms with Gasteiger partial charge in [-0.1, -0.05) is 6.07 Å². The second kappa shape index (κ2) is 6.46. The molecular formula is C17H20N2O6S. The monoisotopic (exact) mass is 380 g/mol. The highest BCUT2D eigenvalue weighted by molar-refractivity contribution is 7.91. The topological polar surface area (TPSA) is 102 Å². The molecule has 140 valence electrons. The van der Waals surface area contributed by atoms with Gasteiger partial charge in [0.2, 0.25) is 18.6 Å². The third-order valence-electron chi connectivity index (χ3n) is 4.97. The first-order chi connectivity index (χ1) is 12.4. The van der Waals surface area contributed by atoms with Gasteiger partial charge in [-0.25, -0.2) is 8.42 Å². The summed E-state index contributed by atoms with van der Waals surface area (Å²) in [5.41, 5.74) is 0.908. The molecule has 2 fully saturated rings. The maximum Gasteiger partial charge on any atom is 0.231 e. The molecule has 2 amide bonds. The Morgan fingerprint density at radius 1 is 1.27 bits per heavy atom. The summed E-state index contributed by atoms with van der Waals surface area (Å²) in [6.07, 6.45) is 0.589. The predicted octanol–water partition coefficient (Wildman–Crippen LogP) is 0.0671. The van der Waals surface area contributed by atoms with Crippen molar-refractivity contribution in [1.29, 1.82) is 0 Å². The number of nitrogens with one attached hydrogen (secondary N) is 1. The fourth-order valence-corrected chi connectivity index (χ4v) is 5.26. The van der Waals surface area contributed by atoms with E-state index in [1.807, 2.05) is 18.2 Å². The number of hydrogen-bond acceptors (Lipinski definition) is 6. The minimum absolute atomic E-state index is 0.0136. The van der Waals surface area contributed by atoms with Gasteiger partial charge in [0.05, 0.1) is 17.4 Å². The molecule has 2 atom stereocenters. The highest BCUT2D eigenvalue weighted by Crippen LogP contribution is 2.33. The molecule has 1 aromatic rings. The van der Waals surface area contributed by atoms with Crippen molar-refractivity contribution in [3.8, 4) is 11.5 Å². The van der Waals surface area contributed by atoms with E-state index in [2.05, 4.69) is 5.32 Å². The zero-order chi connectivity index (χ0) is 18.3. The van der Waals surface area contributed by atoms with Crippen LogP contribution in [0.1, 0.15) is 18.4 Å². The average molecular weight is 380 g/mol. The SMILES string of the molecule is O=C(NC1CCS(=O)(=O)C1)C1CC(=O)N(Cc2ccc3c(c2)OCO3)C1. The highest BCUT2D eigenvalue weighted by atomic mass is 32.2. The van der Waals surface area contributed by atoms with E-state index in [9.17, 15) is 18.0 Å². The fourth-order valence-electron chi connectivity index (χ4n) is 3.59. The molecule has 0 spiro atoms. The molecule has 3 heterocycles. The van der Waals surface area contributed by atoms with E-state index in [1.54, 1.807) is 4.90 Å². The molecule has 0 bridgehead atoms. The number of amides is 2. The molecule has 26 heavy (non-hydrogen) atoms. The zero-order valence-electron chi connectivity index (χ0n) is 14.1. The summed E-state index contributed by atoms with van der Waals surface area (Å²) >= 11 is 0. The normalized spacial score (nSPS) is 26.3. The Labute approximate surface area is 151 Å². The molecule has 0 aliphatic carbocycles. The molecule has 1 N–H and O–H groups in total. The molecule has 2 unspecified atom stereocenters. The van der Waals surface area contributed by atoms with Crippen molar-refractivity contribution in [2.45, 2.75) is 25.4 Å². The van der Waals surface area contributed by atoms with Crippen LogP contribution in [-0.4, -0.2) is 56.0 Å². The Bertz CT molecular complexity index is 853. The minimum Gasteiger partial charge on any atom is -0.454 e. The van der Waals surface area contributed by atoms with Gasteiger partial charge in [-0.3, -0.25) is 9.59 Å². The van der Waals surface area contributed by atoms with E-state index < -0.39 is 15.8 Å². The lowest BCUT2D eigenvalue weighted by atomic mass is 10.1. The Hall–Kier alpha value is -2.29. The van der Waals surface area contributed by atoms with Crippen LogP contribution in [0, 0.1) is 5.92 Å². The van der Waals surface area contributed by atoms with Gasteiger partial charge in [0, 0.05) is 25.6 Å². The van der Waals surface area contributed by atoms with Crippen molar-refractivity contribution in [1.82, 2.24) is 10.2 Å². The van der Waals surface area contributed by atoms with Gasteiger partial charge in [0.15, 0.2) is 21.3 Å². The molecular weight excluding hydrogens is 360 g/mol. The molecule has 1 aromatic carbocycles. The van der Waals surface area contributed by atoms with Crippen LogP contribution in [0.3, 0.4) is 0 Å². The van der Waals surface area contributed by atoms with Gasteiger partial charge < -0.3 is 19.7 Å². The van der Waals surface area contributed by atoms with Crippen molar-refractivity contribution < 1.29 is 27.5 Å². The Morgan fingerprint density at radius 3 is 2.85 bits per heavy atom. The first kappa shape index (κ1) is 17.1. The first-order valence-electron chi connectivity index (χ1n) is 8.57. The molecule has 9 heteroatoms.